The lowest BCUT2D eigenvalue weighted by Gasteiger charge is -2.17. The van der Waals surface area contributed by atoms with E-state index in [9.17, 15) is 4.79 Å². The fraction of sp³-hybridized carbons (Fsp3) is 0.385. The summed E-state index contributed by atoms with van der Waals surface area (Å²) in [6, 6.07) is 7.29. The molecule has 0 fully saturated rings. The van der Waals surface area contributed by atoms with Gasteiger partial charge in [0.15, 0.2) is 0 Å². The number of carbonyl (C=O) groups is 1. The van der Waals surface area contributed by atoms with Crippen LogP contribution in [0.1, 0.15) is 13.8 Å². The predicted octanol–water partition coefficient (Wildman–Crippen LogP) is 2.64. The Bertz CT molecular complexity index is 446. The number of ether oxygens (including phenoxy) is 2. The van der Waals surface area contributed by atoms with Crippen molar-refractivity contribution in [1.29, 1.82) is 0 Å². The lowest BCUT2D eigenvalue weighted by atomic mass is 10.3. The molecule has 0 aliphatic heterocycles. The summed E-state index contributed by atoms with van der Waals surface area (Å²) in [6.45, 7) is 4.45. The number of esters is 1. The Hall–Kier alpha value is -1.75. The maximum Gasteiger partial charge on any atom is 0.370 e. The Morgan fingerprint density at radius 2 is 1.95 bits per heavy atom. The molecule has 0 N–H and O–H groups in total. The Labute approximate surface area is 117 Å². The van der Waals surface area contributed by atoms with Crippen LogP contribution in [-0.2, 0) is 9.53 Å². The number of hydrazone groups is 1. The third-order valence-corrected chi connectivity index (χ3v) is 2.55. The van der Waals surface area contributed by atoms with Gasteiger partial charge in [-0.2, -0.15) is 5.10 Å². The first-order chi connectivity index (χ1) is 9.12. The van der Waals surface area contributed by atoms with Crippen molar-refractivity contribution in [1.82, 2.24) is 0 Å². The molecule has 0 saturated carbocycles. The van der Waals surface area contributed by atoms with Gasteiger partial charge >= 0.3 is 5.97 Å². The molecule has 0 amide bonds. The number of methoxy groups -OCH3 is 1. The predicted molar refractivity (Wildman–Crippen MR) is 75.9 cm³/mol. The van der Waals surface area contributed by atoms with E-state index in [1.807, 2.05) is 31.2 Å². The van der Waals surface area contributed by atoms with Crippen LogP contribution in [0.5, 0.6) is 5.75 Å². The molecule has 0 aliphatic carbocycles. The summed E-state index contributed by atoms with van der Waals surface area (Å²) in [5.74, 6) is 0.122. The first-order valence-corrected chi connectivity index (χ1v) is 6.33. The molecule has 0 aromatic heterocycles. The van der Waals surface area contributed by atoms with Crippen molar-refractivity contribution in [2.75, 3.05) is 25.3 Å². The molecule has 1 aromatic carbocycles. The number of nitrogens with zero attached hydrogens (tertiary/aromatic N) is 2. The Morgan fingerprint density at radius 1 is 1.32 bits per heavy atom. The molecule has 0 saturated heterocycles. The van der Waals surface area contributed by atoms with Crippen LogP contribution in [0.25, 0.3) is 0 Å². The largest absolute Gasteiger partial charge is 0.497 e. The van der Waals surface area contributed by atoms with Crippen molar-refractivity contribution in [3.05, 3.63) is 24.3 Å². The molecular formula is C13H17ClN2O3. The van der Waals surface area contributed by atoms with Crippen molar-refractivity contribution in [3.63, 3.8) is 0 Å². The van der Waals surface area contributed by atoms with E-state index in [0.717, 1.165) is 11.4 Å². The van der Waals surface area contributed by atoms with Crippen molar-refractivity contribution in [2.45, 2.75) is 13.8 Å². The zero-order valence-electron chi connectivity index (χ0n) is 11.2. The van der Waals surface area contributed by atoms with Gasteiger partial charge in [-0.3, -0.25) is 5.01 Å². The molecule has 1 rings (SSSR count). The van der Waals surface area contributed by atoms with Crippen LogP contribution in [0.2, 0.25) is 0 Å². The van der Waals surface area contributed by atoms with Gasteiger partial charge in [0.05, 0.1) is 19.4 Å². The third kappa shape index (κ3) is 4.44. The minimum atomic E-state index is -0.629. The molecule has 5 nitrogen and oxygen atoms in total. The Balaban J connectivity index is 2.87. The summed E-state index contributed by atoms with van der Waals surface area (Å²) in [6.07, 6.45) is 0. The highest BCUT2D eigenvalue weighted by molar-refractivity contribution is 6.82. The molecule has 0 aliphatic rings. The molecule has 0 radical (unpaired) electrons. The summed E-state index contributed by atoms with van der Waals surface area (Å²) in [7, 11) is 1.60. The topological polar surface area (TPSA) is 51.1 Å². The first-order valence-electron chi connectivity index (χ1n) is 5.95. The minimum Gasteiger partial charge on any atom is -0.497 e. The number of hydrogen-bond acceptors (Lipinski definition) is 5. The quantitative estimate of drug-likeness (QED) is 0.458. The van der Waals surface area contributed by atoms with Crippen LogP contribution in [0.15, 0.2) is 29.4 Å². The first kappa shape index (κ1) is 15.3. The highest BCUT2D eigenvalue weighted by atomic mass is 35.5. The lowest BCUT2D eigenvalue weighted by molar-refractivity contribution is -0.134. The van der Waals surface area contributed by atoms with Crippen molar-refractivity contribution < 1.29 is 14.3 Å². The molecule has 0 spiro atoms. The molecular weight excluding hydrogens is 268 g/mol. The van der Waals surface area contributed by atoms with E-state index in [-0.39, 0.29) is 11.8 Å². The smallest absolute Gasteiger partial charge is 0.370 e. The van der Waals surface area contributed by atoms with Crippen LogP contribution in [0, 0.1) is 0 Å². The molecule has 0 heterocycles. The second kappa shape index (κ2) is 7.63. The fourth-order valence-electron chi connectivity index (χ4n) is 1.40. The molecule has 0 unspecified atom stereocenters. The van der Waals surface area contributed by atoms with Crippen molar-refractivity contribution in [3.8, 4) is 5.75 Å². The Morgan fingerprint density at radius 3 is 2.42 bits per heavy atom. The normalized spacial score (nSPS) is 11.1. The number of benzene rings is 1. The van der Waals surface area contributed by atoms with Crippen LogP contribution < -0.4 is 9.75 Å². The van der Waals surface area contributed by atoms with E-state index >= 15 is 0 Å². The number of anilines is 1. The van der Waals surface area contributed by atoms with E-state index < -0.39 is 5.97 Å². The number of carbonyl (C=O) groups excluding carboxylic acids is 1. The van der Waals surface area contributed by atoms with E-state index in [0.29, 0.717) is 6.54 Å². The van der Waals surface area contributed by atoms with Crippen LogP contribution in [0.4, 0.5) is 5.69 Å². The monoisotopic (exact) mass is 284 g/mol. The molecule has 0 bridgehead atoms. The van der Waals surface area contributed by atoms with E-state index in [2.05, 4.69) is 5.10 Å². The van der Waals surface area contributed by atoms with Gasteiger partial charge in [-0.15, -0.1) is 0 Å². The maximum absolute atomic E-state index is 11.4. The second-order valence-corrected chi connectivity index (χ2v) is 3.88. The standard InChI is InChI=1S/C13H17ClN2O3/c1-4-16(15-12(14)13(17)19-5-2)10-6-8-11(18-3)9-7-10/h6-9H,4-5H2,1-3H3/b15-12-. The zero-order valence-corrected chi connectivity index (χ0v) is 12.0. The van der Waals surface area contributed by atoms with Crippen molar-refractivity contribution in [2.24, 2.45) is 5.10 Å². The third-order valence-electron chi connectivity index (χ3n) is 2.32. The highest BCUT2D eigenvalue weighted by Gasteiger charge is 2.12. The highest BCUT2D eigenvalue weighted by Crippen LogP contribution is 2.19. The van der Waals surface area contributed by atoms with Crippen LogP contribution >= 0.6 is 11.6 Å². The summed E-state index contributed by atoms with van der Waals surface area (Å²) in [4.78, 5) is 11.4. The molecule has 104 valence electrons. The van der Waals surface area contributed by atoms with Gasteiger partial charge in [-0.05, 0) is 38.1 Å². The van der Waals surface area contributed by atoms with Crippen LogP contribution in [0.3, 0.4) is 0 Å². The zero-order chi connectivity index (χ0) is 14.3. The van der Waals surface area contributed by atoms with Crippen molar-refractivity contribution >= 4 is 28.4 Å². The summed E-state index contributed by atoms with van der Waals surface area (Å²) < 4.78 is 9.85. The number of rotatable bonds is 6. The summed E-state index contributed by atoms with van der Waals surface area (Å²) >= 11 is 5.80. The summed E-state index contributed by atoms with van der Waals surface area (Å²) in [5.41, 5.74) is 0.811. The number of halogens is 1. The lowest BCUT2D eigenvalue weighted by Crippen LogP contribution is -2.21. The summed E-state index contributed by atoms with van der Waals surface area (Å²) in [5, 5.41) is 5.45. The van der Waals surface area contributed by atoms with E-state index in [1.165, 1.54) is 0 Å². The SMILES string of the molecule is CCOC(=O)/C(Cl)=N/N(CC)c1ccc(OC)cc1. The molecule has 1 aromatic rings. The molecule has 6 heteroatoms. The van der Waals surface area contributed by atoms with Gasteiger partial charge in [-0.1, -0.05) is 11.6 Å². The van der Waals surface area contributed by atoms with Gasteiger partial charge in [0.25, 0.3) is 0 Å². The number of hydrogen-bond donors (Lipinski definition) is 0. The molecule has 19 heavy (non-hydrogen) atoms. The minimum absolute atomic E-state index is 0.195. The maximum atomic E-state index is 11.4. The second-order valence-electron chi connectivity index (χ2n) is 3.53. The van der Waals surface area contributed by atoms with Gasteiger partial charge < -0.3 is 9.47 Å². The molecule has 0 atom stereocenters. The average Bonchev–Trinajstić information content (AvgIpc) is 2.45. The fourth-order valence-corrected chi connectivity index (χ4v) is 1.55. The Kier molecular flexibility index (Phi) is 6.15. The van der Waals surface area contributed by atoms with Gasteiger partial charge in [-0.25, -0.2) is 4.79 Å². The van der Waals surface area contributed by atoms with Gasteiger partial charge in [0, 0.05) is 6.54 Å². The van der Waals surface area contributed by atoms with Crippen LogP contribution in [-0.4, -0.2) is 31.4 Å². The average molecular weight is 285 g/mol. The van der Waals surface area contributed by atoms with E-state index in [4.69, 9.17) is 21.1 Å². The van der Waals surface area contributed by atoms with Gasteiger partial charge in [0.1, 0.15) is 5.75 Å². The van der Waals surface area contributed by atoms with Gasteiger partial charge in [0.2, 0.25) is 5.17 Å². The van der Waals surface area contributed by atoms with E-state index in [1.54, 1.807) is 19.0 Å².